The standard InChI is InChI=1S/C12H18N2O3/c1-12(2,3)17-11(16)14-13-10-6-4-9(8-15)5-7-10/h4-7,13,15H,8H2,1-3H3,(H,14,16). The molecule has 1 aromatic rings. The lowest BCUT2D eigenvalue weighted by molar-refractivity contribution is 0.0541. The van der Waals surface area contributed by atoms with Crippen molar-refractivity contribution in [3.8, 4) is 0 Å². The Balaban J connectivity index is 2.42. The number of hydrogen-bond acceptors (Lipinski definition) is 4. The highest BCUT2D eigenvalue weighted by atomic mass is 16.6. The fourth-order valence-corrected chi connectivity index (χ4v) is 1.12. The van der Waals surface area contributed by atoms with Crippen molar-refractivity contribution in [2.75, 3.05) is 5.43 Å². The minimum Gasteiger partial charge on any atom is -0.443 e. The van der Waals surface area contributed by atoms with E-state index in [-0.39, 0.29) is 6.61 Å². The van der Waals surface area contributed by atoms with Crippen LogP contribution < -0.4 is 10.9 Å². The van der Waals surface area contributed by atoms with Gasteiger partial charge in [0, 0.05) is 0 Å². The number of rotatable bonds is 3. The number of amides is 1. The second-order valence-corrected chi connectivity index (χ2v) is 4.61. The first kappa shape index (κ1) is 13.3. The quantitative estimate of drug-likeness (QED) is 0.705. The van der Waals surface area contributed by atoms with Gasteiger partial charge in [-0.05, 0) is 38.5 Å². The molecule has 0 aliphatic heterocycles. The van der Waals surface area contributed by atoms with E-state index >= 15 is 0 Å². The molecule has 0 radical (unpaired) electrons. The Labute approximate surface area is 101 Å². The fraction of sp³-hybridized carbons (Fsp3) is 0.417. The Morgan fingerprint density at radius 2 is 1.88 bits per heavy atom. The van der Waals surface area contributed by atoms with E-state index in [1.165, 1.54) is 0 Å². The second-order valence-electron chi connectivity index (χ2n) is 4.61. The molecule has 0 bridgehead atoms. The van der Waals surface area contributed by atoms with Crippen molar-refractivity contribution in [3.63, 3.8) is 0 Å². The van der Waals surface area contributed by atoms with Crippen LogP contribution in [0.25, 0.3) is 0 Å². The van der Waals surface area contributed by atoms with Gasteiger partial charge >= 0.3 is 6.09 Å². The summed E-state index contributed by atoms with van der Waals surface area (Å²) in [6, 6.07) is 7.03. The molecule has 0 spiro atoms. The average molecular weight is 238 g/mol. The van der Waals surface area contributed by atoms with Crippen molar-refractivity contribution in [2.24, 2.45) is 0 Å². The van der Waals surface area contributed by atoms with E-state index < -0.39 is 11.7 Å². The van der Waals surface area contributed by atoms with E-state index in [1.807, 2.05) is 0 Å². The molecule has 94 valence electrons. The summed E-state index contributed by atoms with van der Waals surface area (Å²) in [5.74, 6) is 0. The Morgan fingerprint density at radius 1 is 1.29 bits per heavy atom. The van der Waals surface area contributed by atoms with Gasteiger partial charge in [-0.25, -0.2) is 10.2 Å². The molecule has 1 aromatic carbocycles. The lowest BCUT2D eigenvalue weighted by atomic mass is 10.2. The topological polar surface area (TPSA) is 70.6 Å². The number of nitrogens with one attached hydrogen (secondary N) is 2. The fourth-order valence-electron chi connectivity index (χ4n) is 1.12. The van der Waals surface area contributed by atoms with Gasteiger partial charge in [-0.2, -0.15) is 0 Å². The van der Waals surface area contributed by atoms with E-state index in [1.54, 1.807) is 45.0 Å². The average Bonchev–Trinajstić information content (AvgIpc) is 2.25. The first-order valence-electron chi connectivity index (χ1n) is 5.35. The summed E-state index contributed by atoms with van der Waals surface area (Å²) in [5, 5.41) is 8.86. The Kier molecular flexibility index (Phi) is 4.34. The molecule has 5 nitrogen and oxygen atoms in total. The summed E-state index contributed by atoms with van der Waals surface area (Å²) < 4.78 is 5.05. The van der Waals surface area contributed by atoms with Crippen LogP contribution in [0.15, 0.2) is 24.3 Å². The molecule has 3 N–H and O–H groups in total. The SMILES string of the molecule is CC(C)(C)OC(=O)NNc1ccc(CO)cc1. The van der Waals surface area contributed by atoms with Crippen molar-refractivity contribution >= 4 is 11.8 Å². The molecule has 17 heavy (non-hydrogen) atoms. The lowest BCUT2D eigenvalue weighted by Gasteiger charge is -2.20. The third kappa shape index (κ3) is 5.21. The molecule has 0 atom stereocenters. The maximum absolute atomic E-state index is 11.3. The van der Waals surface area contributed by atoms with E-state index in [0.717, 1.165) is 5.56 Å². The van der Waals surface area contributed by atoms with Crippen molar-refractivity contribution in [1.82, 2.24) is 5.43 Å². The summed E-state index contributed by atoms with van der Waals surface area (Å²) in [6.07, 6.45) is -0.538. The largest absolute Gasteiger partial charge is 0.443 e. The van der Waals surface area contributed by atoms with Crippen molar-refractivity contribution in [2.45, 2.75) is 33.0 Å². The van der Waals surface area contributed by atoms with Crippen LogP contribution >= 0.6 is 0 Å². The van der Waals surface area contributed by atoms with E-state index in [9.17, 15) is 4.79 Å². The van der Waals surface area contributed by atoms with Crippen LogP contribution in [-0.4, -0.2) is 16.8 Å². The molecule has 0 aliphatic rings. The smallest absolute Gasteiger partial charge is 0.426 e. The van der Waals surface area contributed by atoms with Crippen LogP contribution in [0.1, 0.15) is 26.3 Å². The summed E-state index contributed by atoms with van der Waals surface area (Å²) in [4.78, 5) is 11.3. The molecular formula is C12H18N2O3. The molecule has 0 saturated carbocycles. The van der Waals surface area contributed by atoms with Gasteiger partial charge in [-0.3, -0.25) is 5.43 Å². The highest BCUT2D eigenvalue weighted by Crippen LogP contribution is 2.09. The number of benzene rings is 1. The number of ether oxygens (including phenoxy) is 1. The van der Waals surface area contributed by atoms with Crippen LogP contribution in [0.2, 0.25) is 0 Å². The van der Waals surface area contributed by atoms with Gasteiger partial charge in [0.15, 0.2) is 0 Å². The highest BCUT2D eigenvalue weighted by molar-refractivity contribution is 5.69. The predicted octanol–water partition coefficient (Wildman–Crippen LogP) is 2.03. The first-order chi connectivity index (χ1) is 7.90. The van der Waals surface area contributed by atoms with Gasteiger partial charge in [-0.15, -0.1) is 0 Å². The first-order valence-corrected chi connectivity index (χ1v) is 5.35. The van der Waals surface area contributed by atoms with Gasteiger partial charge in [-0.1, -0.05) is 12.1 Å². The van der Waals surface area contributed by atoms with E-state index in [0.29, 0.717) is 5.69 Å². The Bertz CT molecular complexity index is 368. The molecular weight excluding hydrogens is 220 g/mol. The van der Waals surface area contributed by atoms with E-state index in [2.05, 4.69) is 10.9 Å². The lowest BCUT2D eigenvalue weighted by Crippen LogP contribution is -2.35. The van der Waals surface area contributed by atoms with Crippen molar-refractivity contribution in [1.29, 1.82) is 0 Å². The van der Waals surface area contributed by atoms with Gasteiger partial charge in [0.25, 0.3) is 0 Å². The summed E-state index contributed by atoms with van der Waals surface area (Å²) in [5.41, 5.74) is 6.14. The second kappa shape index (κ2) is 5.54. The molecule has 0 heterocycles. The number of aliphatic hydroxyl groups excluding tert-OH is 1. The number of carbonyl (C=O) groups is 1. The molecule has 0 aromatic heterocycles. The highest BCUT2D eigenvalue weighted by Gasteiger charge is 2.15. The van der Waals surface area contributed by atoms with Gasteiger partial charge in [0.2, 0.25) is 0 Å². The van der Waals surface area contributed by atoms with Gasteiger partial charge < -0.3 is 9.84 Å². The van der Waals surface area contributed by atoms with E-state index in [4.69, 9.17) is 9.84 Å². The van der Waals surface area contributed by atoms with Gasteiger partial charge in [0.1, 0.15) is 5.60 Å². The van der Waals surface area contributed by atoms with Crippen LogP contribution in [-0.2, 0) is 11.3 Å². The number of hydrogen-bond donors (Lipinski definition) is 3. The van der Waals surface area contributed by atoms with Crippen LogP contribution in [0.4, 0.5) is 10.5 Å². The zero-order valence-electron chi connectivity index (χ0n) is 10.3. The molecule has 0 unspecified atom stereocenters. The Hall–Kier alpha value is -1.75. The molecule has 0 aliphatic carbocycles. The minimum atomic E-state index is -0.538. The summed E-state index contributed by atoms with van der Waals surface area (Å²) in [6.45, 7) is 5.38. The van der Waals surface area contributed by atoms with Crippen molar-refractivity contribution in [3.05, 3.63) is 29.8 Å². The molecule has 0 saturated heterocycles. The monoisotopic (exact) mass is 238 g/mol. The molecule has 0 fully saturated rings. The van der Waals surface area contributed by atoms with Crippen LogP contribution in [0, 0.1) is 0 Å². The number of carbonyl (C=O) groups excluding carboxylic acids is 1. The molecule has 1 rings (SSSR count). The summed E-state index contributed by atoms with van der Waals surface area (Å²) >= 11 is 0. The predicted molar refractivity (Wildman–Crippen MR) is 65.4 cm³/mol. The maximum atomic E-state index is 11.3. The Morgan fingerprint density at radius 3 is 2.35 bits per heavy atom. The van der Waals surface area contributed by atoms with Crippen LogP contribution in [0.3, 0.4) is 0 Å². The van der Waals surface area contributed by atoms with Gasteiger partial charge in [0.05, 0.1) is 12.3 Å². The zero-order valence-corrected chi connectivity index (χ0v) is 10.3. The normalized spacial score (nSPS) is 10.8. The van der Waals surface area contributed by atoms with Crippen LogP contribution in [0.5, 0.6) is 0 Å². The number of hydrazine groups is 1. The molecule has 5 heteroatoms. The number of anilines is 1. The minimum absolute atomic E-state index is 0.000224. The number of aliphatic hydroxyl groups is 1. The molecule has 1 amide bonds. The third-order valence-corrected chi connectivity index (χ3v) is 1.84. The zero-order chi connectivity index (χ0) is 12.9. The summed E-state index contributed by atoms with van der Waals surface area (Å²) in [7, 11) is 0. The maximum Gasteiger partial charge on any atom is 0.426 e. The third-order valence-electron chi connectivity index (χ3n) is 1.84. The van der Waals surface area contributed by atoms with Crippen molar-refractivity contribution < 1.29 is 14.6 Å².